The first-order valence-corrected chi connectivity index (χ1v) is 7.78. The summed E-state index contributed by atoms with van der Waals surface area (Å²) in [6.45, 7) is 1.39. The number of carbonyl (C=O) groups is 2. The lowest BCUT2D eigenvalue weighted by Gasteiger charge is -2.10. The van der Waals surface area contributed by atoms with Crippen LogP contribution in [0.5, 0.6) is 11.5 Å². The van der Waals surface area contributed by atoms with Crippen LogP contribution in [0.25, 0.3) is 0 Å². The molecule has 0 aliphatic heterocycles. The fourth-order valence-electron chi connectivity index (χ4n) is 1.92. The van der Waals surface area contributed by atoms with E-state index in [0.717, 1.165) is 0 Å². The van der Waals surface area contributed by atoms with Gasteiger partial charge in [-0.2, -0.15) is 13.2 Å². The van der Waals surface area contributed by atoms with E-state index < -0.39 is 11.5 Å². The fourth-order valence-corrected chi connectivity index (χ4v) is 2.46. The number of ketones is 1. The van der Waals surface area contributed by atoms with Gasteiger partial charge in [-0.15, -0.1) is 0 Å². The van der Waals surface area contributed by atoms with E-state index in [1.54, 1.807) is 0 Å². The summed E-state index contributed by atoms with van der Waals surface area (Å²) in [5, 5.41) is 0. The summed E-state index contributed by atoms with van der Waals surface area (Å²) in [5.74, 6) is -0.622. The molecular formula is C17H13F3O4S. The quantitative estimate of drug-likeness (QED) is 0.330. The van der Waals surface area contributed by atoms with Crippen LogP contribution in [0.15, 0.2) is 47.4 Å². The topological polar surface area (TPSA) is 52.6 Å². The Morgan fingerprint density at radius 1 is 0.960 bits per heavy atom. The van der Waals surface area contributed by atoms with Gasteiger partial charge in [0.2, 0.25) is 0 Å². The van der Waals surface area contributed by atoms with Crippen molar-refractivity contribution in [2.75, 3.05) is 7.11 Å². The number of esters is 1. The van der Waals surface area contributed by atoms with Crippen LogP contribution < -0.4 is 9.47 Å². The number of hydrogen-bond donors (Lipinski definition) is 0. The van der Waals surface area contributed by atoms with Gasteiger partial charge >= 0.3 is 11.5 Å². The zero-order valence-corrected chi connectivity index (χ0v) is 14.0. The molecule has 0 fully saturated rings. The van der Waals surface area contributed by atoms with Gasteiger partial charge in [0.15, 0.2) is 17.3 Å². The van der Waals surface area contributed by atoms with Crippen molar-refractivity contribution in [3.05, 3.63) is 53.6 Å². The summed E-state index contributed by atoms with van der Waals surface area (Å²) < 4.78 is 47.2. The molecule has 2 aromatic rings. The highest BCUT2D eigenvalue weighted by molar-refractivity contribution is 8.00. The Labute approximate surface area is 145 Å². The van der Waals surface area contributed by atoms with Crippen molar-refractivity contribution in [3.63, 3.8) is 0 Å². The van der Waals surface area contributed by atoms with E-state index in [-0.39, 0.29) is 39.5 Å². The number of Topliss-reactive ketones (excluding diaryl/α,β-unsaturated/α-hetero) is 1. The number of ether oxygens (including phenoxy) is 2. The van der Waals surface area contributed by atoms with Crippen LogP contribution in [0.2, 0.25) is 0 Å². The van der Waals surface area contributed by atoms with Crippen molar-refractivity contribution in [2.45, 2.75) is 17.3 Å². The molecule has 0 saturated carbocycles. The van der Waals surface area contributed by atoms with Crippen molar-refractivity contribution in [3.8, 4) is 11.5 Å². The Hall–Kier alpha value is -2.48. The molecule has 4 nitrogen and oxygen atoms in total. The lowest BCUT2D eigenvalue weighted by Crippen LogP contribution is -2.09. The second-order valence-electron chi connectivity index (χ2n) is 4.88. The van der Waals surface area contributed by atoms with Gasteiger partial charge in [0.25, 0.3) is 0 Å². The van der Waals surface area contributed by atoms with Gasteiger partial charge < -0.3 is 9.47 Å². The first kappa shape index (κ1) is 18.9. The van der Waals surface area contributed by atoms with E-state index in [9.17, 15) is 22.8 Å². The van der Waals surface area contributed by atoms with Crippen LogP contribution in [-0.4, -0.2) is 24.4 Å². The van der Waals surface area contributed by atoms with Gasteiger partial charge in [0.1, 0.15) is 0 Å². The number of methoxy groups -OCH3 is 1. The van der Waals surface area contributed by atoms with Crippen molar-refractivity contribution in [1.82, 2.24) is 0 Å². The van der Waals surface area contributed by atoms with Gasteiger partial charge in [0.05, 0.1) is 12.7 Å². The third-order valence-electron chi connectivity index (χ3n) is 3.10. The molecule has 0 atom stereocenters. The zero-order chi connectivity index (χ0) is 18.6. The third-order valence-corrected chi connectivity index (χ3v) is 3.84. The average molecular weight is 370 g/mol. The molecule has 0 saturated heterocycles. The van der Waals surface area contributed by atoms with Gasteiger partial charge in [-0.3, -0.25) is 4.79 Å². The minimum absolute atomic E-state index is 0.0348. The Balaban J connectivity index is 2.15. The van der Waals surface area contributed by atoms with E-state index >= 15 is 0 Å². The number of carbonyl (C=O) groups excluding carboxylic acids is 2. The molecule has 0 bridgehead atoms. The van der Waals surface area contributed by atoms with Crippen LogP contribution in [0.4, 0.5) is 13.2 Å². The smallest absolute Gasteiger partial charge is 0.446 e. The molecule has 25 heavy (non-hydrogen) atoms. The SMILES string of the molecule is COc1cc(C(C)=O)ccc1OC(=O)c1ccc(SC(F)(F)F)cc1. The standard InChI is InChI=1S/C17H13F3O4S/c1-10(21)12-5-8-14(15(9-12)23-2)24-16(22)11-3-6-13(7-4-11)25-17(18,19)20/h3-9H,1-2H3. The lowest BCUT2D eigenvalue weighted by atomic mass is 10.1. The van der Waals surface area contributed by atoms with Crippen molar-refractivity contribution >= 4 is 23.5 Å². The highest BCUT2D eigenvalue weighted by atomic mass is 32.2. The summed E-state index contributed by atoms with van der Waals surface area (Å²) in [4.78, 5) is 23.4. The van der Waals surface area contributed by atoms with Crippen molar-refractivity contribution in [2.24, 2.45) is 0 Å². The molecular weight excluding hydrogens is 357 g/mol. The maximum Gasteiger partial charge on any atom is 0.446 e. The predicted octanol–water partition coefficient (Wildman–Crippen LogP) is 4.73. The number of rotatable bonds is 5. The second-order valence-corrected chi connectivity index (χ2v) is 6.02. The highest BCUT2D eigenvalue weighted by Crippen LogP contribution is 2.36. The van der Waals surface area contributed by atoms with E-state index in [1.807, 2.05) is 0 Å². The molecule has 0 spiro atoms. The number of halogens is 3. The molecule has 0 aromatic heterocycles. The predicted molar refractivity (Wildman–Crippen MR) is 86.3 cm³/mol. The Morgan fingerprint density at radius 3 is 2.08 bits per heavy atom. The van der Waals surface area contributed by atoms with E-state index in [2.05, 4.69) is 0 Å². The molecule has 8 heteroatoms. The third kappa shape index (κ3) is 5.25. The minimum atomic E-state index is -4.39. The summed E-state index contributed by atoms with van der Waals surface area (Å²) in [7, 11) is 1.36. The molecule has 0 N–H and O–H groups in total. The molecule has 0 radical (unpaired) electrons. The van der Waals surface area contributed by atoms with Gasteiger partial charge in [0, 0.05) is 10.5 Å². The minimum Gasteiger partial charge on any atom is -0.493 e. The lowest BCUT2D eigenvalue weighted by molar-refractivity contribution is -0.0328. The zero-order valence-electron chi connectivity index (χ0n) is 13.2. The molecule has 0 amide bonds. The fraction of sp³-hybridized carbons (Fsp3) is 0.176. The molecule has 2 aromatic carbocycles. The molecule has 2 rings (SSSR count). The molecule has 0 aliphatic carbocycles. The molecule has 0 unspecified atom stereocenters. The van der Waals surface area contributed by atoms with Gasteiger partial charge in [-0.05, 0) is 61.2 Å². The number of hydrogen-bond acceptors (Lipinski definition) is 5. The first-order chi connectivity index (χ1) is 11.7. The Bertz CT molecular complexity index is 785. The van der Waals surface area contributed by atoms with E-state index in [1.165, 1.54) is 56.5 Å². The summed E-state index contributed by atoms with van der Waals surface area (Å²) in [5.41, 5.74) is -3.91. The monoisotopic (exact) mass is 370 g/mol. The van der Waals surface area contributed by atoms with Gasteiger partial charge in [-0.25, -0.2) is 4.79 Å². The van der Waals surface area contributed by atoms with Crippen LogP contribution in [0.1, 0.15) is 27.6 Å². The maximum atomic E-state index is 12.3. The van der Waals surface area contributed by atoms with E-state index in [4.69, 9.17) is 9.47 Å². The molecule has 132 valence electrons. The van der Waals surface area contributed by atoms with Crippen molar-refractivity contribution < 1.29 is 32.2 Å². The molecule has 0 heterocycles. The summed E-state index contributed by atoms with van der Waals surface area (Å²) in [6.07, 6.45) is 0. The van der Waals surface area contributed by atoms with Crippen molar-refractivity contribution in [1.29, 1.82) is 0 Å². The number of thioether (sulfide) groups is 1. The largest absolute Gasteiger partial charge is 0.493 e. The van der Waals surface area contributed by atoms with Crippen LogP contribution >= 0.6 is 11.8 Å². The van der Waals surface area contributed by atoms with Crippen LogP contribution in [-0.2, 0) is 0 Å². The van der Waals surface area contributed by atoms with Crippen LogP contribution in [0.3, 0.4) is 0 Å². The normalized spacial score (nSPS) is 11.1. The Morgan fingerprint density at radius 2 is 1.56 bits per heavy atom. The van der Waals surface area contributed by atoms with E-state index in [0.29, 0.717) is 5.56 Å². The second kappa shape index (κ2) is 7.60. The number of benzene rings is 2. The van der Waals surface area contributed by atoms with Gasteiger partial charge in [-0.1, -0.05) is 0 Å². The maximum absolute atomic E-state index is 12.3. The molecule has 0 aliphatic rings. The first-order valence-electron chi connectivity index (χ1n) is 6.96. The highest BCUT2D eigenvalue weighted by Gasteiger charge is 2.29. The summed E-state index contributed by atoms with van der Waals surface area (Å²) >= 11 is -0.269. The number of alkyl halides is 3. The average Bonchev–Trinajstić information content (AvgIpc) is 2.54. The summed E-state index contributed by atoms with van der Waals surface area (Å²) in [6, 6.07) is 9.20. The van der Waals surface area contributed by atoms with Crippen LogP contribution in [0, 0.1) is 0 Å². The Kier molecular flexibility index (Phi) is 5.73.